The van der Waals surface area contributed by atoms with E-state index >= 15 is 0 Å². The topological polar surface area (TPSA) is 88.2 Å². The number of nitrogens with one attached hydrogen (secondary N) is 2. The molecule has 0 saturated carbocycles. The molecule has 0 aliphatic heterocycles. The smallest absolute Gasteiger partial charge is 0.262 e. The van der Waals surface area contributed by atoms with Crippen LogP contribution in [0.15, 0.2) is 64.9 Å². The lowest BCUT2D eigenvalue weighted by atomic mass is 10.3. The third-order valence-electron chi connectivity index (χ3n) is 3.90. The van der Waals surface area contributed by atoms with Crippen molar-refractivity contribution in [3.63, 3.8) is 0 Å². The lowest BCUT2D eigenvalue weighted by Gasteiger charge is -2.09. The molecule has 0 spiro atoms. The number of benzene rings is 2. The summed E-state index contributed by atoms with van der Waals surface area (Å²) >= 11 is 2.83. The van der Waals surface area contributed by atoms with E-state index in [0.29, 0.717) is 10.7 Å². The number of para-hydroxylation sites is 1. The fourth-order valence-corrected chi connectivity index (χ4v) is 5.83. The summed E-state index contributed by atoms with van der Waals surface area (Å²) in [5, 5.41) is 5.73. The summed E-state index contributed by atoms with van der Waals surface area (Å²) in [6.07, 6.45) is 0. The molecule has 0 aliphatic rings. The molecule has 1 amide bonds. The van der Waals surface area contributed by atoms with Gasteiger partial charge in [0.05, 0.1) is 15.1 Å². The van der Waals surface area contributed by atoms with Gasteiger partial charge in [0.1, 0.15) is 10.0 Å². The SMILES string of the molecule is CC(=O)Nc1ccc(S(=O)(=O)Nc2sccc2-c2nc3ccccc3s2)cc1. The molecule has 0 atom stereocenters. The lowest BCUT2D eigenvalue weighted by Crippen LogP contribution is -2.13. The summed E-state index contributed by atoms with van der Waals surface area (Å²) in [5.41, 5.74) is 2.18. The van der Waals surface area contributed by atoms with Gasteiger partial charge in [-0.2, -0.15) is 0 Å². The van der Waals surface area contributed by atoms with Gasteiger partial charge < -0.3 is 5.32 Å². The van der Waals surface area contributed by atoms with Gasteiger partial charge in [-0.25, -0.2) is 13.4 Å². The van der Waals surface area contributed by atoms with Gasteiger partial charge in [-0.1, -0.05) is 12.1 Å². The fourth-order valence-electron chi connectivity index (χ4n) is 2.65. The zero-order valence-corrected chi connectivity index (χ0v) is 17.1. The first kappa shape index (κ1) is 18.6. The number of carbonyl (C=O) groups is 1. The Balaban J connectivity index is 1.62. The number of nitrogens with zero attached hydrogens (tertiary/aromatic N) is 1. The molecule has 0 fully saturated rings. The molecule has 0 saturated heterocycles. The van der Waals surface area contributed by atoms with E-state index in [1.54, 1.807) is 12.1 Å². The van der Waals surface area contributed by atoms with Crippen LogP contribution in [-0.4, -0.2) is 19.3 Å². The van der Waals surface area contributed by atoms with Crippen molar-refractivity contribution >= 4 is 59.5 Å². The number of anilines is 2. The number of fused-ring (bicyclic) bond motifs is 1. The van der Waals surface area contributed by atoms with Gasteiger partial charge >= 0.3 is 0 Å². The molecule has 0 unspecified atom stereocenters. The number of thiazole rings is 1. The Morgan fingerprint density at radius 2 is 1.79 bits per heavy atom. The molecule has 2 N–H and O–H groups in total. The van der Waals surface area contributed by atoms with Crippen LogP contribution in [-0.2, 0) is 14.8 Å². The zero-order chi connectivity index (χ0) is 19.7. The van der Waals surface area contributed by atoms with Gasteiger partial charge in [0.25, 0.3) is 10.0 Å². The third kappa shape index (κ3) is 3.77. The van der Waals surface area contributed by atoms with Crippen LogP contribution in [0.5, 0.6) is 0 Å². The Labute approximate surface area is 169 Å². The number of hydrogen-bond donors (Lipinski definition) is 2. The first-order valence-electron chi connectivity index (χ1n) is 8.26. The zero-order valence-electron chi connectivity index (χ0n) is 14.7. The molecular weight excluding hydrogens is 414 g/mol. The van der Waals surface area contributed by atoms with E-state index in [0.717, 1.165) is 20.8 Å². The van der Waals surface area contributed by atoms with Gasteiger partial charge in [0.2, 0.25) is 5.91 Å². The van der Waals surface area contributed by atoms with Crippen LogP contribution in [0.25, 0.3) is 20.8 Å². The fraction of sp³-hybridized carbons (Fsp3) is 0.0526. The number of aromatic nitrogens is 1. The van der Waals surface area contributed by atoms with Crippen LogP contribution >= 0.6 is 22.7 Å². The van der Waals surface area contributed by atoms with Gasteiger partial charge in [-0.05, 0) is 47.8 Å². The van der Waals surface area contributed by atoms with E-state index in [-0.39, 0.29) is 10.8 Å². The molecule has 0 aliphatic carbocycles. The van der Waals surface area contributed by atoms with Crippen molar-refractivity contribution in [1.29, 1.82) is 0 Å². The van der Waals surface area contributed by atoms with Crippen LogP contribution in [0.3, 0.4) is 0 Å². The highest BCUT2D eigenvalue weighted by Gasteiger charge is 2.19. The van der Waals surface area contributed by atoms with E-state index in [1.165, 1.54) is 41.7 Å². The predicted octanol–water partition coefficient (Wildman–Crippen LogP) is 4.78. The molecular formula is C19H15N3O3S3. The molecule has 2 heterocycles. The number of thiophene rings is 1. The molecule has 9 heteroatoms. The Bertz CT molecular complexity index is 1230. The van der Waals surface area contributed by atoms with Crippen LogP contribution in [0.2, 0.25) is 0 Å². The van der Waals surface area contributed by atoms with Gasteiger partial charge in [-0.3, -0.25) is 9.52 Å². The highest BCUT2D eigenvalue weighted by Crippen LogP contribution is 2.38. The summed E-state index contributed by atoms with van der Waals surface area (Å²) in [6, 6.07) is 15.7. The molecule has 0 bridgehead atoms. The number of hydrogen-bond acceptors (Lipinski definition) is 6. The maximum atomic E-state index is 12.8. The normalized spacial score (nSPS) is 11.5. The van der Waals surface area contributed by atoms with Crippen molar-refractivity contribution in [2.75, 3.05) is 10.0 Å². The van der Waals surface area contributed by atoms with Crippen molar-refractivity contribution in [3.8, 4) is 10.6 Å². The second-order valence-electron chi connectivity index (χ2n) is 5.96. The molecule has 4 rings (SSSR count). The van der Waals surface area contributed by atoms with Crippen molar-refractivity contribution in [3.05, 3.63) is 60.0 Å². The maximum absolute atomic E-state index is 12.8. The predicted molar refractivity (Wildman–Crippen MR) is 114 cm³/mol. The Morgan fingerprint density at radius 1 is 1.04 bits per heavy atom. The average molecular weight is 430 g/mol. The molecule has 4 aromatic rings. The van der Waals surface area contributed by atoms with Crippen molar-refractivity contribution in [2.24, 2.45) is 0 Å². The van der Waals surface area contributed by atoms with E-state index < -0.39 is 10.0 Å². The van der Waals surface area contributed by atoms with Crippen LogP contribution in [0.4, 0.5) is 10.7 Å². The van der Waals surface area contributed by atoms with Crippen molar-refractivity contribution in [1.82, 2.24) is 4.98 Å². The summed E-state index contributed by atoms with van der Waals surface area (Å²) in [4.78, 5) is 15.8. The minimum absolute atomic E-state index is 0.116. The Kier molecular flexibility index (Phi) is 4.88. The third-order valence-corrected chi connectivity index (χ3v) is 7.30. The van der Waals surface area contributed by atoms with Crippen molar-refractivity contribution in [2.45, 2.75) is 11.8 Å². The van der Waals surface area contributed by atoms with Crippen molar-refractivity contribution < 1.29 is 13.2 Å². The standard InChI is InChI=1S/C19H15N3O3S3/c1-12(23)20-13-6-8-14(9-7-13)28(24,25)22-19-15(10-11-26-19)18-21-16-4-2-3-5-17(16)27-18/h2-11,22H,1H3,(H,20,23). The van der Waals surface area contributed by atoms with Gasteiger partial charge in [0, 0.05) is 18.2 Å². The molecule has 142 valence electrons. The highest BCUT2D eigenvalue weighted by molar-refractivity contribution is 7.93. The number of carbonyl (C=O) groups excluding carboxylic acids is 1. The Hall–Kier alpha value is -2.75. The molecule has 2 aromatic carbocycles. The number of sulfonamides is 1. The summed E-state index contributed by atoms with van der Waals surface area (Å²) in [7, 11) is -3.76. The lowest BCUT2D eigenvalue weighted by molar-refractivity contribution is -0.114. The molecule has 0 radical (unpaired) electrons. The monoisotopic (exact) mass is 429 g/mol. The van der Waals surface area contributed by atoms with Crippen LogP contribution in [0.1, 0.15) is 6.92 Å². The molecule has 2 aromatic heterocycles. The summed E-state index contributed by atoms with van der Waals surface area (Å²) < 4.78 is 29.3. The van der Waals surface area contributed by atoms with E-state index in [2.05, 4.69) is 15.0 Å². The number of amides is 1. The first-order valence-corrected chi connectivity index (χ1v) is 11.4. The summed E-state index contributed by atoms with van der Waals surface area (Å²) in [6.45, 7) is 1.40. The Morgan fingerprint density at radius 3 is 2.50 bits per heavy atom. The highest BCUT2D eigenvalue weighted by atomic mass is 32.2. The van der Waals surface area contributed by atoms with Gasteiger partial charge in [-0.15, -0.1) is 22.7 Å². The molecule has 6 nitrogen and oxygen atoms in total. The largest absolute Gasteiger partial charge is 0.326 e. The van der Waals surface area contributed by atoms with E-state index in [9.17, 15) is 13.2 Å². The van der Waals surface area contributed by atoms with Gasteiger partial charge in [0.15, 0.2) is 0 Å². The van der Waals surface area contributed by atoms with E-state index in [4.69, 9.17) is 0 Å². The van der Waals surface area contributed by atoms with Crippen LogP contribution < -0.4 is 10.0 Å². The number of rotatable bonds is 5. The molecule has 28 heavy (non-hydrogen) atoms. The minimum Gasteiger partial charge on any atom is -0.326 e. The average Bonchev–Trinajstić information content (AvgIpc) is 3.27. The quantitative estimate of drug-likeness (QED) is 0.478. The first-order chi connectivity index (χ1) is 13.4. The second-order valence-corrected chi connectivity index (χ2v) is 9.59. The minimum atomic E-state index is -3.76. The van der Waals surface area contributed by atoms with E-state index in [1.807, 2.05) is 35.7 Å². The van der Waals surface area contributed by atoms with Crippen LogP contribution in [0, 0.1) is 0 Å². The summed E-state index contributed by atoms with van der Waals surface area (Å²) in [5.74, 6) is -0.215. The maximum Gasteiger partial charge on any atom is 0.262 e. The second kappa shape index (κ2) is 7.34.